The molecule has 4 nitrogen and oxygen atoms in total. The van der Waals surface area contributed by atoms with E-state index in [1.165, 1.54) is 11.2 Å². The number of rotatable bonds is 3. The number of para-hydroxylation sites is 1. The summed E-state index contributed by atoms with van der Waals surface area (Å²) in [5, 5.41) is 8.57. The number of halogens is 3. The van der Waals surface area contributed by atoms with Gasteiger partial charge in [-0.3, -0.25) is 0 Å². The lowest BCUT2D eigenvalue weighted by molar-refractivity contribution is 0.410. The Kier molecular flexibility index (Phi) is 4.56. The molecule has 0 saturated heterocycles. The van der Waals surface area contributed by atoms with Gasteiger partial charge in [0.2, 0.25) is 5.96 Å². The number of allylic oxidation sites excluding steroid dienone is 1. The van der Waals surface area contributed by atoms with Gasteiger partial charge in [0.15, 0.2) is 17.5 Å². The predicted molar refractivity (Wildman–Crippen MR) is 90.9 cm³/mol. The van der Waals surface area contributed by atoms with Crippen LogP contribution >= 0.6 is 0 Å². The molecule has 0 fully saturated rings. The Morgan fingerprint density at radius 3 is 2.52 bits per heavy atom. The number of nitrogens with one attached hydrogen (secondary N) is 1. The summed E-state index contributed by atoms with van der Waals surface area (Å²) in [6.07, 6.45) is 1.47. The second-order valence-electron chi connectivity index (χ2n) is 5.55. The third-order valence-electron chi connectivity index (χ3n) is 3.59. The fourth-order valence-electron chi connectivity index (χ4n) is 2.31. The van der Waals surface area contributed by atoms with Crippen LogP contribution in [-0.4, -0.2) is 17.2 Å². The number of benzene rings is 2. The molecule has 0 atom stereocenters. The molecule has 1 N–H and O–H groups in total. The van der Waals surface area contributed by atoms with Crippen molar-refractivity contribution in [1.82, 2.24) is 10.3 Å². The molecule has 1 aliphatic heterocycles. The summed E-state index contributed by atoms with van der Waals surface area (Å²) in [7, 11) is 0. The molecule has 2 aromatic rings. The minimum Gasteiger partial charge on any atom is -0.323 e. The molecule has 128 valence electrons. The number of aliphatic imine (C=N–C) groups is 1. The van der Waals surface area contributed by atoms with Crippen molar-refractivity contribution >= 4 is 17.9 Å². The highest BCUT2D eigenvalue weighted by atomic mass is 19.2. The van der Waals surface area contributed by atoms with Crippen LogP contribution in [0.15, 0.2) is 58.8 Å². The van der Waals surface area contributed by atoms with Gasteiger partial charge in [-0.05, 0) is 36.2 Å². The Balaban J connectivity index is 1.94. The van der Waals surface area contributed by atoms with Crippen LogP contribution in [0.25, 0.3) is 0 Å². The molecule has 25 heavy (non-hydrogen) atoms. The van der Waals surface area contributed by atoms with Gasteiger partial charge in [0, 0.05) is 0 Å². The molecule has 3 rings (SSSR count). The Labute approximate surface area is 143 Å². The average molecular weight is 344 g/mol. The molecule has 0 aliphatic carbocycles. The number of hydrazone groups is 1. The van der Waals surface area contributed by atoms with Gasteiger partial charge in [-0.15, -0.1) is 0 Å². The first-order valence-electron chi connectivity index (χ1n) is 7.49. The molecule has 0 spiro atoms. The summed E-state index contributed by atoms with van der Waals surface area (Å²) < 4.78 is 40.0. The maximum Gasteiger partial charge on any atom is 0.224 e. The molecule has 0 aromatic heterocycles. The van der Waals surface area contributed by atoms with Crippen LogP contribution in [0.2, 0.25) is 0 Å². The van der Waals surface area contributed by atoms with E-state index in [0.29, 0.717) is 11.7 Å². The van der Waals surface area contributed by atoms with E-state index in [1.807, 2.05) is 31.2 Å². The topological polar surface area (TPSA) is 40.0 Å². The van der Waals surface area contributed by atoms with E-state index in [9.17, 15) is 13.2 Å². The van der Waals surface area contributed by atoms with Gasteiger partial charge in [-0.25, -0.2) is 23.2 Å². The molecule has 0 saturated carbocycles. The zero-order valence-electron chi connectivity index (χ0n) is 13.4. The first-order chi connectivity index (χ1) is 11.9. The van der Waals surface area contributed by atoms with Crippen molar-refractivity contribution in [3.05, 3.63) is 77.3 Å². The molecule has 0 radical (unpaired) electrons. The lowest BCUT2D eigenvalue weighted by Crippen LogP contribution is -2.41. The minimum atomic E-state index is -1.49. The Morgan fingerprint density at radius 1 is 1.16 bits per heavy atom. The zero-order valence-corrected chi connectivity index (χ0v) is 13.4. The largest absolute Gasteiger partial charge is 0.323 e. The van der Waals surface area contributed by atoms with E-state index in [2.05, 4.69) is 22.0 Å². The molecule has 1 heterocycles. The smallest absolute Gasteiger partial charge is 0.224 e. The van der Waals surface area contributed by atoms with E-state index >= 15 is 0 Å². The third-order valence-corrected chi connectivity index (χ3v) is 3.59. The Bertz CT molecular complexity index is 867. The van der Waals surface area contributed by atoms with E-state index < -0.39 is 17.5 Å². The standard InChI is InChI=1S/C18H15F3N4/c1-11-5-3-4-6-16(11)24-18-23-12(2)9-22-25(18)10-13-7-14(19)17(21)15(20)8-13/h3-9H,2,10H2,1H3,(H,23,24). The highest BCUT2D eigenvalue weighted by molar-refractivity contribution is 5.94. The second-order valence-corrected chi connectivity index (χ2v) is 5.55. The molecule has 1 aliphatic rings. The molecule has 0 bridgehead atoms. The van der Waals surface area contributed by atoms with Gasteiger partial charge < -0.3 is 5.32 Å². The normalized spacial score (nSPS) is 15.6. The second kappa shape index (κ2) is 6.80. The van der Waals surface area contributed by atoms with Crippen molar-refractivity contribution in [3.8, 4) is 0 Å². The van der Waals surface area contributed by atoms with Gasteiger partial charge in [0.1, 0.15) is 0 Å². The Morgan fingerprint density at radius 2 is 1.84 bits per heavy atom. The van der Waals surface area contributed by atoms with Gasteiger partial charge >= 0.3 is 0 Å². The molecule has 0 unspecified atom stereocenters. The number of hydrogen-bond donors (Lipinski definition) is 1. The number of nitrogens with zero attached hydrogens (tertiary/aromatic N) is 3. The number of hydrogen-bond acceptors (Lipinski definition) is 2. The minimum absolute atomic E-state index is 0.00954. The van der Waals surface area contributed by atoms with E-state index in [0.717, 1.165) is 23.4 Å². The van der Waals surface area contributed by atoms with Gasteiger partial charge in [-0.2, -0.15) is 5.10 Å². The maximum absolute atomic E-state index is 13.4. The van der Waals surface area contributed by atoms with Gasteiger partial charge in [0.25, 0.3) is 0 Å². The Hall–Kier alpha value is -3.09. The van der Waals surface area contributed by atoms with Crippen molar-refractivity contribution in [2.75, 3.05) is 0 Å². The SMILES string of the molecule is C=C1C=NN(Cc2cc(F)c(F)c(F)c2)C(=Nc2ccccc2C)N1. The van der Waals surface area contributed by atoms with Crippen molar-refractivity contribution in [2.45, 2.75) is 13.5 Å². The highest BCUT2D eigenvalue weighted by Crippen LogP contribution is 2.20. The van der Waals surface area contributed by atoms with E-state index in [-0.39, 0.29) is 12.1 Å². The zero-order chi connectivity index (χ0) is 18.0. The maximum atomic E-state index is 13.4. The van der Waals surface area contributed by atoms with E-state index in [4.69, 9.17) is 0 Å². The first-order valence-corrected chi connectivity index (χ1v) is 7.49. The summed E-state index contributed by atoms with van der Waals surface area (Å²) in [6.45, 7) is 5.69. The average Bonchev–Trinajstić information content (AvgIpc) is 2.57. The molecular formula is C18H15F3N4. The lowest BCUT2D eigenvalue weighted by atomic mass is 10.2. The van der Waals surface area contributed by atoms with Crippen molar-refractivity contribution in [2.24, 2.45) is 10.1 Å². The quantitative estimate of drug-likeness (QED) is 0.855. The van der Waals surface area contributed by atoms with Gasteiger partial charge in [-0.1, -0.05) is 24.8 Å². The number of aryl methyl sites for hydroxylation is 1. The van der Waals surface area contributed by atoms with E-state index in [1.54, 1.807) is 0 Å². The third kappa shape index (κ3) is 3.71. The highest BCUT2D eigenvalue weighted by Gasteiger charge is 2.18. The van der Waals surface area contributed by atoms with Crippen LogP contribution in [0.1, 0.15) is 11.1 Å². The monoisotopic (exact) mass is 344 g/mol. The van der Waals surface area contributed by atoms with Crippen LogP contribution < -0.4 is 5.32 Å². The van der Waals surface area contributed by atoms with Crippen LogP contribution in [0.4, 0.5) is 18.9 Å². The van der Waals surface area contributed by atoms with Crippen molar-refractivity contribution in [3.63, 3.8) is 0 Å². The van der Waals surface area contributed by atoms with Crippen LogP contribution in [0.5, 0.6) is 0 Å². The summed E-state index contributed by atoms with van der Waals surface area (Å²) in [4.78, 5) is 4.50. The molecular weight excluding hydrogens is 329 g/mol. The number of guanidine groups is 1. The summed E-state index contributed by atoms with van der Waals surface area (Å²) >= 11 is 0. The predicted octanol–water partition coefficient (Wildman–Crippen LogP) is 4.00. The van der Waals surface area contributed by atoms with Crippen LogP contribution in [0.3, 0.4) is 0 Å². The fourth-order valence-corrected chi connectivity index (χ4v) is 2.31. The van der Waals surface area contributed by atoms with Crippen LogP contribution in [0, 0.1) is 24.4 Å². The molecule has 0 amide bonds. The lowest BCUT2D eigenvalue weighted by Gasteiger charge is -2.26. The summed E-state index contributed by atoms with van der Waals surface area (Å²) in [5.41, 5.74) is 2.42. The first kappa shape index (κ1) is 16.8. The van der Waals surface area contributed by atoms with Gasteiger partial charge in [0.05, 0.1) is 24.1 Å². The fraction of sp³-hybridized carbons (Fsp3) is 0.111. The van der Waals surface area contributed by atoms with Crippen molar-refractivity contribution in [1.29, 1.82) is 0 Å². The van der Waals surface area contributed by atoms with Crippen LogP contribution in [-0.2, 0) is 6.54 Å². The summed E-state index contributed by atoms with van der Waals surface area (Å²) in [6, 6.07) is 9.36. The molecule has 7 heteroatoms. The molecule has 2 aromatic carbocycles. The van der Waals surface area contributed by atoms with Crippen molar-refractivity contribution < 1.29 is 13.2 Å². The summed E-state index contributed by atoms with van der Waals surface area (Å²) in [5.74, 6) is -3.63.